The lowest BCUT2D eigenvalue weighted by molar-refractivity contribution is -0.110. The van der Waals surface area contributed by atoms with E-state index in [4.69, 9.17) is 0 Å². The topological polar surface area (TPSA) is 86.0 Å². The molecule has 4 aromatic rings. The minimum atomic E-state index is -0.317. The SMILES string of the molecule is O=C(Nc1ccc(-c2ccc3c(c2)NC(=O)/C3=C\c2ccc[nH]2)cc1)Nc1cccc(Br)c1. The summed E-state index contributed by atoms with van der Waals surface area (Å²) in [7, 11) is 0. The minimum absolute atomic E-state index is 0.118. The van der Waals surface area contributed by atoms with E-state index < -0.39 is 0 Å². The van der Waals surface area contributed by atoms with Gasteiger partial charge in [0.15, 0.2) is 0 Å². The number of carbonyl (C=O) groups is 2. The molecule has 0 spiro atoms. The highest BCUT2D eigenvalue weighted by Crippen LogP contribution is 2.36. The number of nitrogens with one attached hydrogen (secondary N) is 4. The Kier molecular flexibility index (Phi) is 5.54. The van der Waals surface area contributed by atoms with Crippen molar-refractivity contribution in [3.63, 3.8) is 0 Å². The summed E-state index contributed by atoms with van der Waals surface area (Å²) in [6.07, 6.45) is 3.67. The summed E-state index contributed by atoms with van der Waals surface area (Å²) in [6, 6.07) is 24.4. The molecule has 0 radical (unpaired) electrons. The Balaban J connectivity index is 1.30. The molecular weight excluding hydrogens is 480 g/mol. The second-order valence-corrected chi connectivity index (χ2v) is 8.48. The second-order valence-electron chi connectivity index (χ2n) is 7.56. The van der Waals surface area contributed by atoms with Gasteiger partial charge >= 0.3 is 6.03 Å². The van der Waals surface area contributed by atoms with Crippen LogP contribution in [0.15, 0.2) is 89.5 Å². The Labute approximate surface area is 198 Å². The van der Waals surface area contributed by atoms with Crippen LogP contribution in [-0.2, 0) is 4.79 Å². The van der Waals surface area contributed by atoms with E-state index >= 15 is 0 Å². The molecule has 0 atom stereocenters. The van der Waals surface area contributed by atoms with Crippen LogP contribution >= 0.6 is 15.9 Å². The molecule has 5 rings (SSSR count). The smallest absolute Gasteiger partial charge is 0.323 e. The molecule has 0 aliphatic carbocycles. The maximum absolute atomic E-state index is 12.5. The van der Waals surface area contributed by atoms with E-state index in [0.29, 0.717) is 16.9 Å². The van der Waals surface area contributed by atoms with Crippen LogP contribution in [0.5, 0.6) is 0 Å². The zero-order valence-corrected chi connectivity index (χ0v) is 18.9. The number of amides is 3. The lowest BCUT2D eigenvalue weighted by atomic mass is 10.00. The monoisotopic (exact) mass is 498 g/mol. The van der Waals surface area contributed by atoms with Crippen molar-refractivity contribution in [2.45, 2.75) is 0 Å². The molecule has 3 amide bonds. The van der Waals surface area contributed by atoms with Crippen LogP contribution in [0.2, 0.25) is 0 Å². The molecule has 0 saturated carbocycles. The number of benzene rings is 3. The molecule has 1 aliphatic rings. The van der Waals surface area contributed by atoms with Crippen LogP contribution in [0.4, 0.5) is 21.9 Å². The van der Waals surface area contributed by atoms with Crippen molar-refractivity contribution in [1.82, 2.24) is 4.98 Å². The third-order valence-corrected chi connectivity index (χ3v) is 5.78. The molecule has 33 heavy (non-hydrogen) atoms. The number of carbonyl (C=O) groups excluding carboxylic acids is 2. The molecule has 1 aromatic heterocycles. The van der Waals surface area contributed by atoms with Gasteiger partial charge in [-0.2, -0.15) is 0 Å². The highest BCUT2D eigenvalue weighted by molar-refractivity contribution is 9.10. The van der Waals surface area contributed by atoms with E-state index in [9.17, 15) is 9.59 Å². The molecule has 0 fully saturated rings. The van der Waals surface area contributed by atoms with Crippen molar-refractivity contribution in [3.8, 4) is 11.1 Å². The number of aromatic nitrogens is 1. The quantitative estimate of drug-likeness (QED) is 0.239. The Morgan fingerprint density at radius 3 is 2.39 bits per heavy atom. The molecule has 3 aromatic carbocycles. The first-order valence-corrected chi connectivity index (χ1v) is 11.1. The fourth-order valence-corrected chi connectivity index (χ4v) is 4.11. The number of anilines is 3. The molecular formula is C26H19BrN4O2. The molecule has 0 unspecified atom stereocenters. The van der Waals surface area contributed by atoms with Crippen molar-refractivity contribution in [1.29, 1.82) is 0 Å². The second kappa shape index (κ2) is 8.80. The summed E-state index contributed by atoms with van der Waals surface area (Å²) in [6.45, 7) is 0. The number of halogens is 1. The van der Waals surface area contributed by atoms with Gasteiger partial charge in [-0.25, -0.2) is 4.79 Å². The fourth-order valence-electron chi connectivity index (χ4n) is 3.71. The fraction of sp³-hybridized carbons (Fsp3) is 0. The van der Waals surface area contributed by atoms with Gasteiger partial charge in [0.05, 0.1) is 5.57 Å². The van der Waals surface area contributed by atoms with E-state index in [2.05, 4.69) is 36.9 Å². The van der Waals surface area contributed by atoms with Crippen LogP contribution in [0, 0.1) is 0 Å². The average Bonchev–Trinajstić information content (AvgIpc) is 3.42. The van der Waals surface area contributed by atoms with Gasteiger partial charge in [-0.15, -0.1) is 0 Å². The average molecular weight is 499 g/mol. The Hall–Kier alpha value is -4.10. The maximum atomic E-state index is 12.5. The Morgan fingerprint density at radius 1 is 0.848 bits per heavy atom. The van der Waals surface area contributed by atoms with Gasteiger partial charge in [-0.3, -0.25) is 4.79 Å². The zero-order valence-electron chi connectivity index (χ0n) is 17.4. The Bertz CT molecular complexity index is 1380. The number of urea groups is 1. The number of hydrogen-bond acceptors (Lipinski definition) is 2. The van der Waals surface area contributed by atoms with E-state index in [-0.39, 0.29) is 11.9 Å². The third kappa shape index (κ3) is 4.58. The summed E-state index contributed by atoms with van der Waals surface area (Å²) in [5.74, 6) is -0.118. The number of hydrogen-bond donors (Lipinski definition) is 4. The van der Waals surface area contributed by atoms with E-state index in [1.165, 1.54) is 0 Å². The predicted octanol–water partition coefficient (Wildman–Crippen LogP) is 6.58. The number of H-pyrrole nitrogens is 1. The van der Waals surface area contributed by atoms with Crippen molar-refractivity contribution >= 4 is 56.6 Å². The van der Waals surface area contributed by atoms with Gasteiger partial charge in [0, 0.05) is 39.0 Å². The van der Waals surface area contributed by atoms with Gasteiger partial charge < -0.3 is 20.9 Å². The first-order valence-electron chi connectivity index (χ1n) is 10.3. The molecule has 162 valence electrons. The predicted molar refractivity (Wildman–Crippen MR) is 136 cm³/mol. The highest BCUT2D eigenvalue weighted by atomic mass is 79.9. The lowest BCUT2D eigenvalue weighted by Crippen LogP contribution is -2.19. The third-order valence-electron chi connectivity index (χ3n) is 5.28. The van der Waals surface area contributed by atoms with Crippen LogP contribution in [0.3, 0.4) is 0 Å². The standard InChI is InChI=1S/C26H19BrN4O2/c27-18-3-1-4-21(14-18)30-26(33)29-19-9-6-16(7-10-19)17-8-11-22-23(15-20-5-2-12-28-20)25(32)31-24(22)13-17/h1-15,28H,(H,31,32)(H2,29,30,33)/b23-15-. The first-order chi connectivity index (χ1) is 16.0. The summed E-state index contributed by atoms with van der Waals surface area (Å²) in [4.78, 5) is 27.8. The molecule has 4 N–H and O–H groups in total. The van der Waals surface area contributed by atoms with Crippen LogP contribution < -0.4 is 16.0 Å². The molecule has 7 heteroatoms. The maximum Gasteiger partial charge on any atom is 0.323 e. The largest absolute Gasteiger partial charge is 0.362 e. The highest BCUT2D eigenvalue weighted by Gasteiger charge is 2.24. The Morgan fingerprint density at radius 2 is 1.64 bits per heavy atom. The number of rotatable bonds is 4. The molecule has 0 bridgehead atoms. The summed E-state index contributed by atoms with van der Waals surface area (Å²) >= 11 is 3.39. The van der Waals surface area contributed by atoms with Crippen molar-refractivity contribution in [2.24, 2.45) is 0 Å². The van der Waals surface area contributed by atoms with Gasteiger partial charge in [0.1, 0.15) is 0 Å². The number of fused-ring (bicyclic) bond motifs is 1. The summed E-state index contributed by atoms with van der Waals surface area (Å²) in [5, 5.41) is 8.58. The van der Waals surface area contributed by atoms with Gasteiger partial charge in [0.25, 0.3) is 5.91 Å². The van der Waals surface area contributed by atoms with Gasteiger partial charge in [-0.05, 0) is 65.7 Å². The molecule has 6 nitrogen and oxygen atoms in total. The van der Waals surface area contributed by atoms with Crippen LogP contribution in [0.1, 0.15) is 11.3 Å². The summed E-state index contributed by atoms with van der Waals surface area (Å²) < 4.78 is 0.891. The van der Waals surface area contributed by atoms with E-state index in [0.717, 1.165) is 32.5 Å². The van der Waals surface area contributed by atoms with Crippen molar-refractivity contribution in [3.05, 3.63) is 101 Å². The van der Waals surface area contributed by atoms with Crippen LogP contribution in [-0.4, -0.2) is 16.9 Å². The van der Waals surface area contributed by atoms with E-state index in [1.807, 2.05) is 91.1 Å². The van der Waals surface area contributed by atoms with Gasteiger partial charge in [0.2, 0.25) is 0 Å². The van der Waals surface area contributed by atoms with Gasteiger partial charge in [-0.1, -0.05) is 46.3 Å². The molecule has 1 aliphatic heterocycles. The first kappa shape index (κ1) is 20.8. The van der Waals surface area contributed by atoms with Crippen LogP contribution in [0.25, 0.3) is 22.8 Å². The summed E-state index contributed by atoms with van der Waals surface area (Å²) in [5.41, 5.74) is 6.50. The minimum Gasteiger partial charge on any atom is -0.362 e. The lowest BCUT2D eigenvalue weighted by Gasteiger charge is -2.09. The number of aromatic amines is 1. The zero-order chi connectivity index (χ0) is 22.8. The van der Waals surface area contributed by atoms with Crippen molar-refractivity contribution in [2.75, 3.05) is 16.0 Å². The molecule has 2 heterocycles. The molecule has 0 saturated heterocycles. The van der Waals surface area contributed by atoms with E-state index in [1.54, 1.807) is 0 Å². The normalized spacial score (nSPS) is 13.5. The van der Waals surface area contributed by atoms with Crippen molar-refractivity contribution < 1.29 is 9.59 Å².